The van der Waals surface area contributed by atoms with E-state index < -0.39 is 5.91 Å². The van der Waals surface area contributed by atoms with E-state index in [1.165, 1.54) is 36.2 Å². The maximum absolute atomic E-state index is 12.2. The van der Waals surface area contributed by atoms with Crippen molar-refractivity contribution in [1.29, 1.82) is 0 Å². The maximum Gasteiger partial charge on any atom is 0.262 e. The molecular weight excluding hydrogens is 468 g/mol. The average molecular weight is 495 g/mol. The Morgan fingerprint density at radius 2 is 2.00 bits per heavy atom. The summed E-state index contributed by atoms with van der Waals surface area (Å²) in [5.41, 5.74) is 9.56. The fraction of sp³-hybridized carbons (Fsp3) is 0.308. The normalized spacial score (nSPS) is 15.5. The number of hydrogen-bond donors (Lipinski definition) is 1. The largest absolute Gasteiger partial charge is 0.484 e. The van der Waals surface area contributed by atoms with Crippen molar-refractivity contribution in [3.05, 3.63) is 75.9 Å². The van der Waals surface area contributed by atoms with Gasteiger partial charge in [-0.25, -0.2) is 4.98 Å². The molecule has 8 heteroatoms. The predicted molar refractivity (Wildman–Crippen MR) is 137 cm³/mol. The van der Waals surface area contributed by atoms with Gasteiger partial charge in [-0.2, -0.15) is 0 Å². The molecule has 4 aromatic rings. The predicted octanol–water partition coefficient (Wildman–Crippen LogP) is 5.94. The second-order valence-electron chi connectivity index (χ2n) is 8.70. The van der Waals surface area contributed by atoms with Crippen LogP contribution in [0.15, 0.2) is 54.9 Å². The zero-order valence-electron chi connectivity index (χ0n) is 19.0. The molecule has 4 heterocycles. The van der Waals surface area contributed by atoms with Crippen LogP contribution in [0.3, 0.4) is 0 Å². The number of benzene rings is 1. The van der Waals surface area contributed by atoms with Gasteiger partial charge in [0.2, 0.25) is 0 Å². The van der Waals surface area contributed by atoms with Crippen LogP contribution in [0.25, 0.3) is 16.2 Å². The highest BCUT2D eigenvalue weighted by Crippen LogP contribution is 2.39. The minimum absolute atomic E-state index is 0.340. The Morgan fingerprint density at radius 1 is 1.21 bits per heavy atom. The number of nitrogens with zero attached hydrogens (tertiary/aromatic N) is 3. The Balaban J connectivity index is 1.46. The van der Waals surface area contributed by atoms with Gasteiger partial charge in [-0.3, -0.25) is 14.1 Å². The van der Waals surface area contributed by atoms with Gasteiger partial charge < -0.3 is 10.5 Å². The molecule has 0 radical (unpaired) electrons. The first-order valence-electron chi connectivity index (χ1n) is 11.5. The average Bonchev–Trinajstić information content (AvgIpc) is 3.44. The number of carbonyl (C=O) groups excluding carboxylic acids is 1. The van der Waals surface area contributed by atoms with E-state index in [0.717, 1.165) is 41.4 Å². The lowest BCUT2D eigenvalue weighted by Crippen LogP contribution is -2.29. The number of hydrogen-bond acceptors (Lipinski definition) is 5. The smallest absolute Gasteiger partial charge is 0.262 e. The summed E-state index contributed by atoms with van der Waals surface area (Å²) >= 11 is 7.66. The lowest BCUT2D eigenvalue weighted by atomic mass is 10.1. The van der Waals surface area contributed by atoms with E-state index in [1.54, 1.807) is 0 Å². The summed E-state index contributed by atoms with van der Waals surface area (Å²) in [5.74, 6) is -0.0587. The number of fused-ring (bicyclic) bond motifs is 1. The third-order valence-corrected chi connectivity index (χ3v) is 7.74. The third kappa shape index (κ3) is 4.69. The molecule has 1 amide bonds. The van der Waals surface area contributed by atoms with Crippen molar-refractivity contribution in [2.75, 3.05) is 13.1 Å². The number of aromatic nitrogens is 2. The fourth-order valence-corrected chi connectivity index (χ4v) is 5.73. The molecule has 1 aromatic carbocycles. The lowest BCUT2D eigenvalue weighted by Gasteiger charge is -2.26. The summed E-state index contributed by atoms with van der Waals surface area (Å²) in [6.45, 7) is 5.12. The second kappa shape index (κ2) is 9.78. The van der Waals surface area contributed by atoms with Crippen LogP contribution in [0.1, 0.15) is 53.1 Å². The van der Waals surface area contributed by atoms with Gasteiger partial charge in [0.05, 0.1) is 16.8 Å². The number of nitrogens with two attached hydrogens (primary N) is 1. The van der Waals surface area contributed by atoms with Crippen LogP contribution in [0.2, 0.25) is 5.02 Å². The van der Waals surface area contributed by atoms with Gasteiger partial charge in [-0.05, 0) is 50.6 Å². The minimum atomic E-state index is -0.516. The molecule has 6 nitrogen and oxygen atoms in total. The van der Waals surface area contributed by atoms with Crippen molar-refractivity contribution in [2.45, 2.75) is 38.8 Å². The number of rotatable bonds is 7. The summed E-state index contributed by atoms with van der Waals surface area (Å²) in [7, 11) is 0. The number of primary amides is 1. The summed E-state index contributed by atoms with van der Waals surface area (Å²) < 4.78 is 8.26. The van der Waals surface area contributed by atoms with Crippen LogP contribution < -0.4 is 10.5 Å². The Bertz CT molecular complexity index is 1330. The van der Waals surface area contributed by atoms with Crippen molar-refractivity contribution in [3.63, 3.8) is 0 Å². The Labute approximate surface area is 207 Å². The number of piperidine rings is 1. The first-order valence-corrected chi connectivity index (χ1v) is 12.7. The van der Waals surface area contributed by atoms with Crippen LogP contribution in [0.5, 0.6) is 5.75 Å². The van der Waals surface area contributed by atoms with Crippen molar-refractivity contribution < 1.29 is 9.53 Å². The van der Waals surface area contributed by atoms with Gasteiger partial charge in [0.25, 0.3) is 5.91 Å². The summed E-state index contributed by atoms with van der Waals surface area (Å²) in [5, 5.41) is 0.620. The molecule has 176 valence electrons. The number of pyridine rings is 1. The third-order valence-electron chi connectivity index (χ3n) is 6.24. The van der Waals surface area contributed by atoms with Crippen LogP contribution in [-0.2, 0) is 6.54 Å². The van der Waals surface area contributed by atoms with E-state index in [-0.39, 0.29) is 6.10 Å². The van der Waals surface area contributed by atoms with E-state index in [2.05, 4.69) is 26.5 Å². The summed E-state index contributed by atoms with van der Waals surface area (Å²) in [6.07, 6.45) is 7.48. The number of amides is 1. The van der Waals surface area contributed by atoms with Crippen LogP contribution >= 0.6 is 22.9 Å². The van der Waals surface area contributed by atoms with E-state index in [9.17, 15) is 4.79 Å². The molecule has 0 saturated carbocycles. The van der Waals surface area contributed by atoms with Gasteiger partial charge in [0.1, 0.15) is 22.4 Å². The molecule has 1 aliphatic heterocycles. The van der Waals surface area contributed by atoms with Gasteiger partial charge in [-0.1, -0.05) is 42.3 Å². The molecule has 0 spiro atoms. The van der Waals surface area contributed by atoms with E-state index in [1.807, 2.05) is 49.5 Å². The molecule has 2 N–H and O–H groups in total. The number of carbonyl (C=O) groups is 1. The summed E-state index contributed by atoms with van der Waals surface area (Å²) in [4.78, 5) is 20.6. The number of likely N-dealkylation sites (tertiary alicyclic amines) is 1. The number of halogens is 1. The number of ether oxygens (including phenoxy) is 1. The molecule has 1 aliphatic rings. The van der Waals surface area contributed by atoms with Crippen molar-refractivity contribution >= 4 is 34.5 Å². The molecule has 1 fully saturated rings. The highest BCUT2D eigenvalue weighted by Gasteiger charge is 2.21. The highest BCUT2D eigenvalue weighted by atomic mass is 35.5. The van der Waals surface area contributed by atoms with Crippen LogP contribution in [0, 0.1) is 0 Å². The number of thiophene rings is 1. The highest BCUT2D eigenvalue weighted by molar-refractivity contribution is 7.17. The zero-order valence-corrected chi connectivity index (χ0v) is 20.6. The van der Waals surface area contributed by atoms with E-state index in [4.69, 9.17) is 22.1 Å². The van der Waals surface area contributed by atoms with E-state index >= 15 is 0 Å². The minimum Gasteiger partial charge on any atom is -0.484 e. The second-order valence-corrected chi connectivity index (χ2v) is 10.2. The molecule has 1 saturated heterocycles. The zero-order chi connectivity index (χ0) is 23.7. The van der Waals surface area contributed by atoms with Crippen LogP contribution in [0.4, 0.5) is 0 Å². The van der Waals surface area contributed by atoms with E-state index in [0.29, 0.717) is 15.6 Å². The van der Waals surface area contributed by atoms with Gasteiger partial charge in [0, 0.05) is 29.4 Å². The molecular formula is C26H27ClN4O2S. The molecule has 34 heavy (non-hydrogen) atoms. The first kappa shape index (κ1) is 22.9. The standard InChI is InChI=1S/C26H27ClN4O2S/c1-17(19-7-3-4-8-20(19)27)33-22-13-23(34-25(22)26(28)32)21-14-29-24-10-9-18(16-31(21)24)15-30-11-5-2-6-12-30/h3-4,7-10,13-14,16-17H,2,5-6,11-12,15H2,1H3,(H2,28,32). The first-order chi connectivity index (χ1) is 16.5. The lowest BCUT2D eigenvalue weighted by molar-refractivity contribution is 0.0998. The molecule has 5 rings (SSSR count). The van der Waals surface area contributed by atoms with Gasteiger partial charge >= 0.3 is 0 Å². The Kier molecular flexibility index (Phi) is 6.59. The summed E-state index contributed by atoms with van der Waals surface area (Å²) in [6, 6.07) is 13.6. The van der Waals surface area contributed by atoms with Crippen molar-refractivity contribution in [3.8, 4) is 16.3 Å². The molecule has 3 aromatic heterocycles. The van der Waals surface area contributed by atoms with Gasteiger partial charge in [0.15, 0.2) is 0 Å². The number of imidazole rings is 1. The van der Waals surface area contributed by atoms with Crippen molar-refractivity contribution in [2.24, 2.45) is 5.73 Å². The Hall–Kier alpha value is -2.87. The monoisotopic (exact) mass is 494 g/mol. The molecule has 1 atom stereocenters. The Morgan fingerprint density at radius 3 is 2.76 bits per heavy atom. The molecule has 0 aliphatic carbocycles. The van der Waals surface area contributed by atoms with Crippen molar-refractivity contribution in [1.82, 2.24) is 14.3 Å². The topological polar surface area (TPSA) is 72.9 Å². The fourth-order valence-electron chi connectivity index (χ4n) is 4.49. The quantitative estimate of drug-likeness (QED) is 0.345. The van der Waals surface area contributed by atoms with Gasteiger partial charge in [-0.15, -0.1) is 11.3 Å². The maximum atomic E-state index is 12.2. The molecule has 0 bridgehead atoms. The SMILES string of the molecule is CC(Oc1cc(-c2cnc3ccc(CN4CCCCC4)cn23)sc1C(N)=O)c1ccccc1Cl. The van der Waals surface area contributed by atoms with Crippen LogP contribution in [-0.4, -0.2) is 33.3 Å². The molecule has 1 unspecified atom stereocenters.